The van der Waals surface area contributed by atoms with Crippen LogP contribution in [0.3, 0.4) is 0 Å². The highest BCUT2D eigenvalue weighted by Crippen LogP contribution is 2.23. The molecule has 0 rings (SSSR count). The van der Waals surface area contributed by atoms with Gasteiger partial charge in [-0.05, 0) is 6.92 Å². The molecule has 0 fully saturated rings. The van der Waals surface area contributed by atoms with Gasteiger partial charge < -0.3 is 0 Å². The van der Waals surface area contributed by atoms with E-state index in [0.29, 0.717) is 0 Å². The van der Waals surface area contributed by atoms with Crippen LogP contribution in [0, 0.1) is 5.53 Å². The largest absolute Gasteiger partial charge is 0.277 e. The average molecular weight is 214 g/mol. The van der Waals surface area contributed by atoms with Gasteiger partial charge in [-0.3, -0.25) is 0 Å². The van der Waals surface area contributed by atoms with Crippen LogP contribution < -0.4 is 0 Å². The van der Waals surface area contributed by atoms with Gasteiger partial charge in [-0.1, -0.05) is 0 Å². The number of nitrogens with one attached hydrogen (secondary N) is 1. The van der Waals surface area contributed by atoms with E-state index in [9.17, 15) is 16.8 Å². The second-order valence-corrected chi connectivity index (χ2v) is 7.49. The van der Waals surface area contributed by atoms with Gasteiger partial charge in [-0.25, -0.2) is 22.4 Å². The zero-order valence-electron chi connectivity index (χ0n) is 6.90. The standard InChI is InChI=1S/C4H10N2O4S2/c1-4(6-5,11(2,7)8)12(3,9)10/h5H,1-3H3. The first-order valence-corrected chi connectivity index (χ1v) is 6.62. The van der Waals surface area contributed by atoms with Crippen molar-refractivity contribution in [1.29, 1.82) is 5.53 Å². The Hall–Kier alpha value is -0.500. The molecule has 0 unspecified atom stereocenters. The molecule has 0 saturated heterocycles. The lowest BCUT2D eigenvalue weighted by atomic mass is 10.8. The summed E-state index contributed by atoms with van der Waals surface area (Å²) in [6.45, 7) is 0.880. The normalized spacial score (nSPS) is 14.2. The minimum absolute atomic E-state index is 0.728. The van der Waals surface area contributed by atoms with Crippen molar-refractivity contribution in [2.45, 2.75) is 11.1 Å². The van der Waals surface area contributed by atoms with E-state index in [2.05, 4.69) is 5.11 Å². The molecule has 0 aliphatic heterocycles. The van der Waals surface area contributed by atoms with Gasteiger partial charge >= 0.3 is 0 Å². The monoisotopic (exact) mass is 214 g/mol. The molecule has 0 aromatic heterocycles. The number of sulfone groups is 2. The number of rotatable bonds is 3. The van der Waals surface area contributed by atoms with Crippen molar-refractivity contribution in [1.82, 2.24) is 0 Å². The van der Waals surface area contributed by atoms with Gasteiger partial charge in [0.05, 0.1) is 0 Å². The fraction of sp³-hybridized carbons (Fsp3) is 1.00. The van der Waals surface area contributed by atoms with E-state index in [-0.39, 0.29) is 0 Å². The van der Waals surface area contributed by atoms with Crippen molar-refractivity contribution < 1.29 is 16.8 Å². The Labute approximate surface area is 71.3 Å². The molecule has 0 amide bonds. The average Bonchev–Trinajstić information content (AvgIpc) is 1.81. The van der Waals surface area contributed by atoms with Crippen molar-refractivity contribution in [3.63, 3.8) is 0 Å². The third kappa shape index (κ3) is 1.63. The van der Waals surface area contributed by atoms with Crippen LogP contribution in [0.25, 0.3) is 0 Å². The van der Waals surface area contributed by atoms with E-state index in [0.717, 1.165) is 19.4 Å². The van der Waals surface area contributed by atoms with Gasteiger partial charge in [0.15, 0.2) is 19.7 Å². The van der Waals surface area contributed by atoms with Gasteiger partial charge in [0.1, 0.15) is 0 Å². The van der Waals surface area contributed by atoms with Crippen molar-refractivity contribution in [3.05, 3.63) is 0 Å². The van der Waals surface area contributed by atoms with E-state index in [1.807, 2.05) is 0 Å². The maximum absolute atomic E-state index is 10.9. The van der Waals surface area contributed by atoms with Crippen LogP contribution in [0.4, 0.5) is 0 Å². The minimum atomic E-state index is -3.91. The highest BCUT2D eigenvalue weighted by molar-refractivity contribution is 8.09. The number of nitrogens with zero attached hydrogens (tertiary/aromatic N) is 1. The van der Waals surface area contributed by atoms with Gasteiger partial charge in [0.2, 0.25) is 0 Å². The molecule has 0 atom stereocenters. The first-order chi connectivity index (χ1) is 5.06. The molecule has 0 heterocycles. The fourth-order valence-corrected chi connectivity index (χ4v) is 2.97. The molecule has 6 nitrogen and oxygen atoms in total. The predicted molar refractivity (Wildman–Crippen MR) is 43.2 cm³/mol. The summed E-state index contributed by atoms with van der Waals surface area (Å²) < 4.78 is 41.4. The lowest BCUT2D eigenvalue weighted by Gasteiger charge is -2.18. The van der Waals surface area contributed by atoms with E-state index >= 15 is 0 Å². The number of hydrogen-bond acceptors (Lipinski definition) is 6. The first-order valence-electron chi connectivity index (χ1n) is 2.84. The van der Waals surface area contributed by atoms with Crippen LogP contribution in [0.15, 0.2) is 5.11 Å². The van der Waals surface area contributed by atoms with Crippen LogP contribution in [-0.4, -0.2) is 33.6 Å². The summed E-state index contributed by atoms with van der Waals surface area (Å²) in [5, 5.41) is 2.64. The Balaban J connectivity index is 5.75. The second kappa shape index (κ2) is 2.77. The van der Waals surface area contributed by atoms with Crippen molar-refractivity contribution in [2.75, 3.05) is 12.5 Å². The topological polar surface area (TPSA) is 104 Å². The molecule has 0 bridgehead atoms. The Morgan fingerprint density at radius 2 is 1.33 bits per heavy atom. The molecule has 0 aromatic carbocycles. The predicted octanol–water partition coefficient (Wildman–Crippen LogP) is -0.220. The fourth-order valence-electron chi connectivity index (χ4n) is 0.441. The maximum Gasteiger partial charge on any atom is 0.277 e. The molecular weight excluding hydrogens is 204 g/mol. The highest BCUT2D eigenvalue weighted by Gasteiger charge is 2.46. The molecular formula is C4H10N2O4S2. The maximum atomic E-state index is 10.9. The summed E-state index contributed by atoms with van der Waals surface area (Å²) in [7, 11) is -7.83. The lowest BCUT2D eigenvalue weighted by Crippen LogP contribution is -2.39. The van der Waals surface area contributed by atoms with Gasteiger partial charge in [-0.2, -0.15) is 5.11 Å². The molecule has 0 aliphatic carbocycles. The summed E-state index contributed by atoms with van der Waals surface area (Å²) in [6.07, 6.45) is 1.46. The van der Waals surface area contributed by atoms with Crippen LogP contribution in [0.1, 0.15) is 6.92 Å². The molecule has 8 heteroatoms. The van der Waals surface area contributed by atoms with Crippen LogP contribution in [-0.2, 0) is 19.7 Å². The number of hydrogen-bond donors (Lipinski definition) is 1. The molecule has 0 aliphatic rings. The van der Waals surface area contributed by atoms with Crippen molar-refractivity contribution in [2.24, 2.45) is 5.11 Å². The Morgan fingerprint density at radius 1 is 1.08 bits per heavy atom. The van der Waals surface area contributed by atoms with E-state index in [1.165, 1.54) is 0 Å². The highest BCUT2D eigenvalue weighted by atomic mass is 32.3. The van der Waals surface area contributed by atoms with E-state index in [1.54, 1.807) is 0 Å². The Bertz CT molecular complexity index is 347. The third-order valence-corrected chi connectivity index (χ3v) is 6.33. The van der Waals surface area contributed by atoms with Crippen LogP contribution >= 0.6 is 0 Å². The summed E-state index contributed by atoms with van der Waals surface area (Å²) >= 11 is 0. The minimum Gasteiger partial charge on any atom is -0.225 e. The molecule has 72 valence electrons. The summed E-state index contributed by atoms with van der Waals surface area (Å²) in [5.41, 5.74) is 6.53. The van der Waals surface area contributed by atoms with Crippen LogP contribution in [0.5, 0.6) is 0 Å². The summed E-state index contributed by atoms with van der Waals surface area (Å²) in [5.74, 6) is 0. The summed E-state index contributed by atoms with van der Waals surface area (Å²) in [6, 6.07) is 0. The van der Waals surface area contributed by atoms with Crippen LogP contribution in [0.2, 0.25) is 0 Å². The zero-order valence-corrected chi connectivity index (χ0v) is 8.53. The van der Waals surface area contributed by atoms with Gasteiger partial charge in [0, 0.05) is 12.5 Å². The Kier molecular flexibility index (Phi) is 2.65. The smallest absolute Gasteiger partial charge is 0.225 e. The molecule has 12 heavy (non-hydrogen) atoms. The third-order valence-electron chi connectivity index (χ3n) is 1.58. The SMILES string of the molecule is CC(N=N)(S(C)(=O)=O)S(C)(=O)=O. The van der Waals surface area contributed by atoms with Gasteiger partial charge in [-0.15, -0.1) is 0 Å². The van der Waals surface area contributed by atoms with Crippen molar-refractivity contribution in [3.8, 4) is 0 Å². The van der Waals surface area contributed by atoms with Gasteiger partial charge in [0.25, 0.3) is 4.20 Å². The quantitative estimate of drug-likeness (QED) is 0.655. The molecule has 0 saturated carbocycles. The molecule has 0 radical (unpaired) electrons. The van der Waals surface area contributed by atoms with Crippen molar-refractivity contribution >= 4 is 19.7 Å². The Morgan fingerprint density at radius 3 is 1.33 bits per heavy atom. The lowest BCUT2D eigenvalue weighted by molar-refractivity contribution is 0.550. The molecule has 0 spiro atoms. The van der Waals surface area contributed by atoms with E-state index < -0.39 is 23.9 Å². The van der Waals surface area contributed by atoms with E-state index in [4.69, 9.17) is 5.53 Å². The molecule has 1 N–H and O–H groups in total. The first kappa shape index (κ1) is 11.5. The molecule has 0 aromatic rings. The second-order valence-electron chi connectivity index (χ2n) is 2.55. The zero-order chi connectivity index (χ0) is 10.2. The summed E-state index contributed by atoms with van der Waals surface area (Å²) in [4.78, 5) is 0.